The number of aromatic nitrogens is 2. The summed E-state index contributed by atoms with van der Waals surface area (Å²) in [5.41, 5.74) is 2.89. The quantitative estimate of drug-likeness (QED) is 0.581. The van der Waals surface area contributed by atoms with Crippen LogP contribution in [0.2, 0.25) is 0 Å². The van der Waals surface area contributed by atoms with Crippen molar-refractivity contribution in [2.24, 2.45) is 0 Å². The minimum absolute atomic E-state index is 0.624. The van der Waals surface area contributed by atoms with Gasteiger partial charge in [0.05, 0.1) is 18.2 Å². The lowest BCUT2D eigenvalue weighted by molar-refractivity contribution is 0.222. The summed E-state index contributed by atoms with van der Waals surface area (Å²) >= 11 is 3.48. The first-order chi connectivity index (χ1) is 14.2. The summed E-state index contributed by atoms with van der Waals surface area (Å²) in [5, 5.41) is 13.1. The van der Waals surface area contributed by atoms with Gasteiger partial charge in [-0.2, -0.15) is 10.2 Å². The number of nitrogens with zero attached hydrogens (tertiary/aromatic N) is 5. The summed E-state index contributed by atoms with van der Waals surface area (Å²) in [5.74, 6) is 1.28. The second-order valence-corrected chi connectivity index (χ2v) is 8.15. The maximum Gasteiger partial charge on any atom is 0.241 e. The fourth-order valence-electron chi connectivity index (χ4n) is 3.54. The molecule has 0 amide bonds. The first kappa shape index (κ1) is 19.8. The summed E-state index contributed by atoms with van der Waals surface area (Å²) in [6.45, 7) is 5.61. The molecule has 0 bridgehead atoms. The average Bonchev–Trinajstić information content (AvgIpc) is 3.09. The third-order valence-corrected chi connectivity index (χ3v) is 5.57. The molecule has 0 N–H and O–H groups in total. The molecule has 2 aromatic carbocycles. The van der Waals surface area contributed by atoms with Gasteiger partial charge in [0.15, 0.2) is 0 Å². The van der Waals surface area contributed by atoms with Crippen LogP contribution >= 0.6 is 15.9 Å². The molecule has 1 aromatic heterocycles. The zero-order chi connectivity index (χ0) is 20.1. The van der Waals surface area contributed by atoms with Gasteiger partial charge in [-0.3, -0.25) is 9.80 Å². The highest BCUT2D eigenvalue weighted by molar-refractivity contribution is 9.10. The Morgan fingerprint density at radius 2 is 1.76 bits per heavy atom. The summed E-state index contributed by atoms with van der Waals surface area (Å²) in [6, 6.07) is 17.9. The Bertz CT molecular complexity index is 995. The third kappa shape index (κ3) is 5.30. The molecule has 0 unspecified atom stereocenters. The predicted octanol–water partition coefficient (Wildman–Crippen LogP) is 4.08. The standard InChI is InChI=1S/C22H22BrN5O/c23-20-4-1-3-19(13-20)22-25-21(29-26-22)16-28-10-2-9-27(11-12-28)15-18-7-5-17(14-24)6-8-18/h1,3-8,13H,2,9-12,15-16H2. The van der Waals surface area contributed by atoms with E-state index in [-0.39, 0.29) is 0 Å². The fraction of sp³-hybridized carbons (Fsp3) is 0.318. The van der Waals surface area contributed by atoms with E-state index in [0.717, 1.165) is 49.2 Å². The third-order valence-electron chi connectivity index (χ3n) is 5.08. The molecule has 1 aliphatic heterocycles. The Labute approximate surface area is 178 Å². The van der Waals surface area contributed by atoms with Crippen LogP contribution in [0.3, 0.4) is 0 Å². The van der Waals surface area contributed by atoms with Gasteiger partial charge in [0, 0.05) is 29.7 Å². The first-order valence-corrected chi connectivity index (χ1v) is 10.5. The molecule has 29 heavy (non-hydrogen) atoms. The van der Waals surface area contributed by atoms with Gasteiger partial charge >= 0.3 is 0 Å². The number of hydrogen-bond donors (Lipinski definition) is 0. The number of hydrogen-bond acceptors (Lipinski definition) is 6. The Morgan fingerprint density at radius 3 is 2.48 bits per heavy atom. The van der Waals surface area contributed by atoms with Crippen LogP contribution < -0.4 is 0 Å². The van der Waals surface area contributed by atoms with E-state index >= 15 is 0 Å². The minimum atomic E-state index is 0.624. The minimum Gasteiger partial charge on any atom is -0.338 e. The molecule has 0 aliphatic carbocycles. The molecule has 0 radical (unpaired) electrons. The largest absolute Gasteiger partial charge is 0.338 e. The van der Waals surface area contributed by atoms with Gasteiger partial charge < -0.3 is 4.52 Å². The van der Waals surface area contributed by atoms with E-state index in [4.69, 9.17) is 9.78 Å². The zero-order valence-electron chi connectivity index (χ0n) is 16.1. The van der Waals surface area contributed by atoms with Crippen LogP contribution in [0.5, 0.6) is 0 Å². The van der Waals surface area contributed by atoms with Crippen molar-refractivity contribution in [1.29, 1.82) is 5.26 Å². The Morgan fingerprint density at radius 1 is 1.00 bits per heavy atom. The molecule has 3 aromatic rings. The predicted molar refractivity (Wildman–Crippen MR) is 114 cm³/mol. The summed E-state index contributed by atoms with van der Waals surface area (Å²) in [7, 11) is 0. The normalized spacial score (nSPS) is 15.7. The fourth-order valence-corrected chi connectivity index (χ4v) is 3.94. The van der Waals surface area contributed by atoms with Crippen molar-refractivity contribution in [3.63, 3.8) is 0 Å². The Hall–Kier alpha value is -2.53. The van der Waals surface area contributed by atoms with Gasteiger partial charge in [0.1, 0.15) is 0 Å². The second kappa shape index (κ2) is 9.31. The highest BCUT2D eigenvalue weighted by Gasteiger charge is 2.18. The number of rotatable bonds is 5. The zero-order valence-corrected chi connectivity index (χ0v) is 17.7. The van der Waals surface area contributed by atoms with E-state index in [1.807, 2.05) is 48.5 Å². The van der Waals surface area contributed by atoms with Gasteiger partial charge in [-0.25, -0.2) is 0 Å². The number of benzene rings is 2. The molecule has 0 atom stereocenters. The van der Waals surface area contributed by atoms with E-state index in [2.05, 4.69) is 41.9 Å². The van der Waals surface area contributed by atoms with Gasteiger partial charge in [-0.05, 0) is 49.3 Å². The van der Waals surface area contributed by atoms with Crippen molar-refractivity contribution in [2.75, 3.05) is 26.2 Å². The lowest BCUT2D eigenvalue weighted by atomic mass is 10.1. The van der Waals surface area contributed by atoms with Gasteiger partial charge in [-0.15, -0.1) is 0 Å². The molecule has 4 rings (SSSR count). The lowest BCUT2D eigenvalue weighted by Crippen LogP contribution is -2.30. The van der Waals surface area contributed by atoms with E-state index in [0.29, 0.717) is 23.8 Å². The SMILES string of the molecule is N#Cc1ccc(CN2CCCN(Cc3nc(-c4cccc(Br)c4)no3)CC2)cc1. The van der Waals surface area contributed by atoms with E-state index in [1.165, 1.54) is 5.56 Å². The summed E-state index contributed by atoms with van der Waals surface area (Å²) in [6.07, 6.45) is 1.10. The highest BCUT2D eigenvalue weighted by Crippen LogP contribution is 2.21. The molecular formula is C22H22BrN5O. The van der Waals surface area contributed by atoms with Gasteiger partial charge in [-0.1, -0.05) is 45.4 Å². The van der Waals surface area contributed by atoms with Crippen LogP contribution in [-0.4, -0.2) is 46.1 Å². The van der Waals surface area contributed by atoms with E-state index in [1.54, 1.807) is 0 Å². The smallest absolute Gasteiger partial charge is 0.241 e. The maximum atomic E-state index is 8.93. The lowest BCUT2D eigenvalue weighted by Gasteiger charge is -2.21. The molecule has 1 fully saturated rings. The molecule has 1 saturated heterocycles. The van der Waals surface area contributed by atoms with Crippen LogP contribution in [0.1, 0.15) is 23.4 Å². The maximum absolute atomic E-state index is 8.93. The van der Waals surface area contributed by atoms with Crippen molar-refractivity contribution in [3.05, 3.63) is 70.0 Å². The number of halogens is 1. The Kier molecular flexibility index (Phi) is 6.35. The molecule has 148 valence electrons. The molecule has 1 aliphatic rings. The molecular weight excluding hydrogens is 430 g/mol. The first-order valence-electron chi connectivity index (χ1n) is 9.72. The van der Waals surface area contributed by atoms with Gasteiger partial charge in [0.25, 0.3) is 0 Å². The molecule has 6 nitrogen and oxygen atoms in total. The number of nitriles is 1. The van der Waals surface area contributed by atoms with Crippen LogP contribution in [0.25, 0.3) is 11.4 Å². The van der Waals surface area contributed by atoms with Crippen LogP contribution in [-0.2, 0) is 13.1 Å². The second-order valence-electron chi connectivity index (χ2n) is 7.24. The van der Waals surface area contributed by atoms with Crippen LogP contribution in [0.15, 0.2) is 57.5 Å². The van der Waals surface area contributed by atoms with Gasteiger partial charge in [0.2, 0.25) is 11.7 Å². The molecule has 2 heterocycles. The molecule has 7 heteroatoms. The van der Waals surface area contributed by atoms with Crippen molar-refractivity contribution in [2.45, 2.75) is 19.5 Å². The van der Waals surface area contributed by atoms with Crippen LogP contribution in [0.4, 0.5) is 0 Å². The van der Waals surface area contributed by atoms with E-state index in [9.17, 15) is 0 Å². The monoisotopic (exact) mass is 451 g/mol. The average molecular weight is 452 g/mol. The van der Waals surface area contributed by atoms with Crippen molar-refractivity contribution < 1.29 is 4.52 Å². The van der Waals surface area contributed by atoms with Crippen LogP contribution in [0, 0.1) is 11.3 Å². The summed E-state index contributed by atoms with van der Waals surface area (Å²) in [4.78, 5) is 9.40. The Balaban J connectivity index is 1.32. The van der Waals surface area contributed by atoms with E-state index < -0.39 is 0 Å². The summed E-state index contributed by atoms with van der Waals surface area (Å²) < 4.78 is 6.49. The van der Waals surface area contributed by atoms with Crippen molar-refractivity contribution >= 4 is 15.9 Å². The molecule has 0 spiro atoms. The van der Waals surface area contributed by atoms with Crippen molar-refractivity contribution in [1.82, 2.24) is 19.9 Å². The molecule has 0 saturated carbocycles. The van der Waals surface area contributed by atoms with Crippen molar-refractivity contribution in [3.8, 4) is 17.5 Å². The topological polar surface area (TPSA) is 69.2 Å². The highest BCUT2D eigenvalue weighted by atomic mass is 79.9.